The summed E-state index contributed by atoms with van der Waals surface area (Å²) in [7, 11) is 2.20. The second-order valence-corrected chi connectivity index (χ2v) is 5.77. The smallest absolute Gasteiger partial charge is 0.120 e. The first-order valence-corrected chi connectivity index (χ1v) is 7.31. The van der Waals surface area contributed by atoms with Gasteiger partial charge in [0.25, 0.3) is 0 Å². The molecule has 0 bridgehead atoms. The fourth-order valence-corrected chi connectivity index (χ4v) is 2.48. The second kappa shape index (κ2) is 6.92. The van der Waals surface area contributed by atoms with Crippen LogP contribution in [-0.2, 0) is 6.54 Å². The number of nitrogens with one attached hydrogen (secondary N) is 1. The first-order valence-electron chi connectivity index (χ1n) is 7.31. The minimum Gasteiger partial charge on any atom is -0.491 e. The quantitative estimate of drug-likeness (QED) is 0.883. The summed E-state index contributed by atoms with van der Waals surface area (Å²) in [5.41, 5.74) is 1.30. The Kier molecular flexibility index (Phi) is 5.23. The first kappa shape index (κ1) is 14.4. The molecule has 3 heteroatoms. The molecule has 1 aromatic rings. The Morgan fingerprint density at radius 2 is 2.05 bits per heavy atom. The number of piperidine rings is 1. The van der Waals surface area contributed by atoms with Crippen molar-refractivity contribution in [2.45, 2.75) is 45.4 Å². The summed E-state index contributed by atoms with van der Waals surface area (Å²) in [6.45, 7) is 7.46. The Hall–Kier alpha value is -1.06. The molecule has 1 N–H and O–H groups in total. The summed E-state index contributed by atoms with van der Waals surface area (Å²) in [6, 6.07) is 9.06. The molecule has 2 rings (SSSR count). The van der Waals surface area contributed by atoms with Crippen molar-refractivity contribution in [3.05, 3.63) is 29.8 Å². The van der Waals surface area contributed by atoms with E-state index in [-0.39, 0.29) is 6.10 Å². The Morgan fingerprint density at radius 1 is 1.32 bits per heavy atom. The van der Waals surface area contributed by atoms with Crippen molar-refractivity contribution in [2.24, 2.45) is 0 Å². The van der Waals surface area contributed by atoms with Gasteiger partial charge < -0.3 is 15.0 Å². The third-order valence-electron chi connectivity index (χ3n) is 3.58. The van der Waals surface area contributed by atoms with E-state index in [4.69, 9.17) is 4.74 Å². The van der Waals surface area contributed by atoms with E-state index in [0.29, 0.717) is 6.04 Å². The zero-order valence-corrected chi connectivity index (χ0v) is 12.4. The fourth-order valence-electron chi connectivity index (χ4n) is 2.48. The van der Waals surface area contributed by atoms with E-state index in [1.54, 1.807) is 0 Å². The monoisotopic (exact) mass is 262 g/mol. The van der Waals surface area contributed by atoms with Crippen LogP contribution in [0, 0.1) is 0 Å². The number of likely N-dealkylation sites (tertiary alicyclic amines) is 1. The zero-order valence-electron chi connectivity index (χ0n) is 12.4. The van der Waals surface area contributed by atoms with Crippen LogP contribution in [0.5, 0.6) is 5.75 Å². The minimum atomic E-state index is 0.233. The highest BCUT2D eigenvalue weighted by atomic mass is 16.5. The molecule has 0 aromatic heterocycles. The number of benzene rings is 1. The number of rotatable bonds is 5. The number of hydrogen-bond donors (Lipinski definition) is 1. The van der Waals surface area contributed by atoms with Gasteiger partial charge in [0.2, 0.25) is 0 Å². The van der Waals surface area contributed by atoms with Crippen molar-refractivity contribution in [1.29, 1.82) is 0 Å². The van der Waals surface area contributed by atoms with Crippen LogP contribution >= 0.6 is 0 Å². The van der Waals surface area contributed by atoms with E-state index in [1.165, 1.54) is 31.5 Å². The molecule has 106 valence electrons. The lowest BCUT2D eigenvalue weighted by Crippen LogP contribution is -2.40. The Bertz CT molecular complexity index is 384. The summed E-state index contributed by atoms with van der Waals surface area (Å²) >= 11 is 0. The highest BCUT2D eigenvalue weighted by molar-refractivity contribution is 5.28. The molecule has 1 saturated heterocycles. The topological polar surface area (TPSA) is 24.5 Å². The molecule has 0 spiro atoms. The molecule has 1 aromatic carbocycles. The molecule has 0 saturated carbocycles. The molecule has 0 amide bonds. The average Bonchev–Trinajstić information content (AvgIpc) is 2.38. The molecule has 1 aliphatic heterocycles. The molecular formula is C16H26N2O. The van der Waals surface area contributed by atoms with Crippen molar-refractivity contribution in [1.82, 2.24) is 10.2 Å². The number of hydrogen-bond acceptors (Lipinski definition) is 3. The Labute approximate surface area is 116 Å². The summed E-state index contributed by atoms with van der Waals surface area (Å²) in [5, 5.41) is 3.66. The SMILES string of the molecule is CC(C)Oc1cccc(CNC2CCN(C)CC2)c1. The molecule has 1 aliphatic rings. The Balaban J connectivity index is 1.82. The van der Waals surface area contributed by atoms with Crippen LogP contribution in [0.25, 0.3) is 0 Å². The van der Waals surface area contributed by atoms with E-state index in [2.05, 4.69) is 49.3 Å². The second-order valence-electron chi connectivity index (χ2n) is 5.77. The lowest BCUT2D eigenvalue weighted by molar-refractivity contribution is 0.233. The lowest BCUT2D eigenvalue weighted by atomic mass is 10.1. The van der Waals surface area contributed by atoms with Crippen LogP contribution < -0.4 is 10.1 Å². The normalized spacial score (nSPS) is 17.9. The van der Waals surface area contributed by atoms with Gasteiger partial charge in [-0.2, -0.15) is 0 Å². The summed E-state index contributed by atoms with van der Waals surface area (Å²) in [4.78, 5) is 2.40. The van der Waals surface area contributed by atoms with Gasteiger partial charge in [-0.15, -0.1) is 0 Å². The lowest BCUT2D eigenvalue weighted by Gasteiger charge is -2.29. The predicted octanol–water partition coefficient (Wildman–Crippen LogP) is 2.66. The summed E-state index contributed by atoms with van der Waals surface area (Å²) in [6.07, 6.45) is 2.73. The van der Waals surface area contributed by atoms with Gasteiger partial charge in [0, 0.05) is 12.6 Å². The third kappa shape index (κ3) is 4.84. The molecule has 0 unspecified atom stereocenters. The van der Waals surface area contributed by atoms with Crippen molar-refractivity contribution in [3.63, 3.8) is 0 Å². The van der Waals surface area contributed by atoms with E-state index in [1.807, 2.05) is 6.07 Å². The molecule has 1 heterocycles. The highest BCUT2D eigenvalue weighted by Crippen LogP contribution is 2.16. The molecular weight excluding hydrogens is 236 g/mol. The first-order chi connectivity index (χ1) is 9.13. The third-order valence-corrected chi connectivity index (χ3v) is 3.58. The fraction of sp³-hybridized carbons (Fsp3) is 0.625. The van der Waals surface area contributed by atoms with Crippen molar-refractivity contribution in [3.8, 4) is 5.75 Å². The molecule has 0 radical (unpaired) electrons. The van der Waals surface area contributed by atoms with Crippen LogP contribution in [0.4, 0.5) is 0 Å². The molecule has 0 aliphatic carbocycles. The zero-order chi connectivity index (χ0) is 13.7. The average molecular weight is 262 g/mol. The van der Waals surface area contributed by atoms with Crippen molar-refractivity contribution >= 4 is 0 Å². The van der Waals surface area contributed by atoms with Crippen LogP contribution in [-0.4, -0.2) is 37.2 Å². The van der Waals surface area contributed by atoms with Crippen LogP contribution in [0.2, 0.25) is 0 Å². The van der Waals surface area contributed by atoms with Crippen LogP contribution in [0.15, 0.2) is 24.3 Å². The molecule has 1 fully saturated rings. The predicted molar refractivity (Wildman–Crippen MR) is 79.6 cm³/mol. The van der Waals surface area contributed by atoms with Gasteiger partial charge in [-0.25, -0.2) is 0 Å². The van der Waals surface area contributed by atoms with E-state index in [9.17, 15) is 0 Å². The molecule has 19 heavy (non-hydrogen) atoms. The van der Waals surface area contributed by atoms with E-state index < -0.39 is 0 Å². The molecule has 0 atom stereocenters. The highest BCUT2D eigenvalue weighted by Gasteiger charge is 2.15. The maximum atomic E-state index is 5.73. The maximum absolute atomic E-state index is 5.73. The number of nitrogens with zero attached hydrogens (tertiary/aromatic N) is 1. The molecule has 3 nitrogen and oxygen atoms in total. The van der Waals surface area contributed by atoms with Gasteiger partial charge in [-0.05, 0) is 64.5 Å². The van der Waals surface area contributed by atoms with Gasteiger partial charge in [0.1, 0.15) is 5.75 Å². The minimum absolute atomic E-state index is 0.233. The van der Waals surface area contributed by atoms with Gasteiger partial charge >= 0.3 is 0 Å². The van der Waals surface area contributed by atoms with Crippen molar-refractivity contribution in [2.75, 3.05) is 20.1 Å². The summed E-state index contributed by atoms with van der Waals surface area (Å²) < 4.78 is 5.73. The van der Waals surface area contributed by atoms with Gasteiger partial charge in [0.15, 0.2) is 0 Å². The maximum Gasteiger partial charge on any atom is 0.120 e. The van der Waals surface area contributed by atoms with E-state index in [0.717, 1.165) is 12.3 Å². The van der Waals surface area contributed by atoms with Gasteiger partial charge in [-0.1, -0.05) is 12.1 Å². The number of ether oxygens (including phenoxy) is 1. The Morgan fingerprint density at radius 3 is 2.74 bits per heavy atom. The van der Waals surface area contributed by atoms with Crippen LogP contribution in [0.1, 0.15) is 32.3 Å². The van der Waals surface area contributed by atoms with E-state index >= 15 is 0 Å². The van der Waals surface area contributed by atoms with Crippen molar-refractivity contribution < 1.29 is 4.74 Å². The van der Waals surface area contributed by atoms with Gasteiger partial charge in [-0.3, -0.25) is 0 Å². The van der Waals surface area contributed by atoms with Gasteiger partial charge in [0.05, 0.1) is 6.10 Å². The summed E-state index contributed by atoms with van der Waals surface area (Å²) in [5.74, 6) is 0.970. The largest absolute Gasteiger partial charge is 0.491 e. The standard InChI is InChI=1S/C16H26N2O/c1-13(2)19-16-6-4-5-14(11-16)12-17-15-7-9-18(3)10-8-15/h4-6,11,13,15,17H,7-10,12H2,1-3H3. The van der Waals surface area contributed by atoms with Crippen LogP contribution in [0.3, 0.4) is 0 Å².